The maximum atomic E-state index is 10.9. The van der Waals surface area contributed by atoms with E-state index in [0.29, 0.717) is 6.61 Å². The second kappa shape index (κ2) is 4.43. The Hall–Kier alpha value is -1.07. The molecule has 78 valence electrons. The van der Waals surface area contributed by atoms with E-state index < -0.39 is 10.1 Å². The van der Waals surface area contributed by atoms with E-state index >= 15 is 0 Å². The summed E-state index contributed by atoms with van der Waals surface area (Å²) in [5.41, 5.74) is 0. The minimum atomic E-state index is -4.19. The lowest BCUT2D eigenvalue weighted by molar-refractivity contribution is 0.308. The van der Waals surface area contributed by atoms with Crippen LogP contribution in [0.2, 0.25) is 0 Å². The molecule has 0 saturated carbocycles. The van der Waals surface area contributed by atoms with Crippen LogP contribution in [0.1, 0.15) is 13.3 Å². The molecule has 0 saturated heterocycles. The summed E-state index contributed by atoms with van der Waals surface area (Å²) in [6, 6.07) is 6.00. The molecule has 0 bridgehead atoms. The van der Waals surface area contributed by atoms with E-state index in [4.69, 9.17) is 9.29 Å². The van der Waals surface area contributed by atoms with Crippen LogP contribution in [0.3, 0.4) is 0 Å². The standard InChI is InChI=1S/C9H12O4S/c1-2-7-13-8-5-3-4-6-9(8)14(10,11)12/h3-6H,2,7H2,1H3,(H,10,11,12). The zero-order chi connectivity index (χ0) is 10.6. The van der Waals surface area contributed by atoms with Crippen LogP contribution >= 0.6 is 0 Å². The highest BCUT2D eigenvalue weighted by molar-refractivity contribution is 7.86. The first-order chi connectivity index (χ1) is 6.55. The molecule has 1 aromatic carbocycles. The number of ether oxygens (including phenoxy) is 1. The van der Waals surface area contributed by atoms with E-state index in [-0.39, 0.29) is 10.6 Å². The molecule has 4 nitrogen and oxygen atoms in total. The Balaban J connectivity index is 3.04. The Kier molecular flexibility index (Phi) is 3.49. The summed E-state index contributed by atoms with van der Waals surface area (Å²) >= 11 is 0. The molecule has 1 rings (SSSR count). The Morgan fingerprint density at radius 1 is 1.36 bits per heavy atom. The van der Waals surface area contributed by atoms with E-state index in [2.05, 4.69) is 0 Å². The molecular weight excluding hydrogens is 204 g/mol. The second-order valence-corrected chi connectivity index (χ2v) is 4.16. The molecule has 1 aromatic rings. The Bertz CT molecular complexity index is 397. The molecule has 5 heteroatoms. The molecule has 0 amide bonds. The van der Waals surface area contributed by atoms with Crippen LogP contribution in [0.25, 0.3) is 0 Å². The normalized spacial score (nSPS) is 11.3. The van der Waals surface area contributed by atoms with Gasteiger partial charge in [0.15, 0.2) is 0 Å². The lowest BCUT2D eigenvalue weighted by Gasteiger charge is -2.07. The summed E-state index contributed by atoms with van der Waals surface area (Å²) in [4.78, 5) is -0.187. The molecule has 1 N–H and O–H groups in total. The van der Waals surface area contributed by atoms with Crippen molar-refractivity contribution in [3.63, 3.8) is 0 Å². The summed E-state index contributed by atoms with van der Waals surface area (Å²) in [7, 11) is -4.19. The van der Waals surface area contributed by atoms with Gasteiger partial charge in [0.2, 0.25) is 0 Å². The minimum Gasteiger partial charge on any atom is -0.492 e. The van der Waals surface area contributed by atoms with Crippen molar-refractivity contribution < 1.29 is 17.7 Å². The topological polar surface area (TPSA) is 63.6 Å². The van der Waals surface area contributed by atoms with Gasteiger partial charge in [-0.05, 0) is 18.6 Å². The molecule has 0 atom stereocenters. The van der Waals surface area contributed by atoms with Crippen LogP contribution in [-0.2, 0) is 10.1 Å². The van der Waals surface area contributed by atoms with Crippen molar-refractivity contribution >= 4 is 10.1 Å². The monoisotopic (exact) mass is 216 g/mol. The molecular formula is C9H12O4S. The van der Waals surface area contributed by atoms with E-state index in [1.165, 1.54) is 18.2 Å². The molecule has 0 aliphatic heterocycles. The van der Waals surface area contributed by atoms with Gasteiger partial charge in [-0.25, -0.2) is 0 Å². The fourth-order valence-electron chi connectivity index (χ4n) is 0.995. The molecule has 14 heavy (non-hydrogen) atoms. The third kappa shape index (κ3) is 2.71. The fraction of sp³-hybridized carbons (Fsp3) is 0.333. The third-order valence-corrected chi connectivity index (χ3v) is 2.48. The first-order valence-electron chi connectivity index (χ1n) is 4.25. The Labute approximate surface area is 83.3 Å². The van der Waals surface area contributed by atoms with Gasteiger partial charge in [0, 0.05) is 0 Å². The first-order valence-corrected chi connectivity index (χ1v) is 5.69. The lowest BCUT2D eigenvalue weighted by atomic mass is 10.3. The molecule has 0 heterocycles. The molecule has 0 aromatic heterocycles. The van der Waals surface area contributed by atoms with Gasteiger partial charge in [-0.3, -0.25) is 4.55 Å². The maximum Gasteiger partial charge on any atom is 0.298 e. The van der Waals surface area contributed by atoms with Crippen molar-refractivity contribution in [1.82, 2.24) is 0 Å². The van der Waals surface area contributed by atoms with Crippen molar-refractivity contribution in [2.24, 2.45) is 0 Å². The fourth-order valence-corrected chi connectivity index (χ4v) is 1.63. The zero-order valence-electron chi connectivity index (χ0n) is 7.80. The van der Waals surface area contributed by atoms with Gasteiger partial charge in [0.25, 0.3) is 10.1 Å². The molecule has 0 spiro atoms. The van der Waals surface area contributed by atoms with E-state index in [9.17, 15) is 8.42 Å². The van der Waals surface area contributed by atoms with E-state index in [0.717, 1.165) is 6.42 Å². The van der Waals surface area contributed by atoms with Crippen molar-refractivity contribution in [2.75, 3.05) is 6.61 Å². The molecule has 0 aliphatic rings. The number of hydrogen-bond acceptors (Lipinski definition) is 3. The van der Waals surface area contributed by atoms with Crippen LogP contribution in [0.15, 0.2) is 29.2 Å². The summed E-state index contributed by atoms with van der Waals surface area (Å²) in [6.07, 6.45) is 0.778. The quantitative estimate of drug-likeness (QED) is 0.778. The predicted molar refractivity (Wildman–Crippen MR) is 52.0 cm³/mol. The van der Waals surface area contributed by atoms with Gasteiger partial charge in [-0.15, -0.1) is 0 Å². The third-order valence-electron chi connectivity index (χ3n) is 1.59. The number of para-hydroxylation sites is 1. The van der Waals surface area contributed by atoms with Crippen LogP contribution in [0, 0.1) is 0 Å². The van der Waals surface area contributed by atoms with E-state index in [1.807, 2.05) is 6.92 Å². The van der Waals surface area contributed by atoms with Gasteiger partial charge < -0.3 is 4.74 Å². The highest BCUT2D eigenvalue weighted by Crippen LogP contribution is 2.22. The summed E-state index contributed by atoms with van der Waals surface area (Å²) in [6.45, 7) is 2.34. The van der Waals surface area contributed by atoms with Crippen molar-refractivity contribution in [3.05, 3.63) is 24.3 Å². The van der Waals surface area contributed by atoms with Crippen LogP contribution in [0.4, 0.5) is 0 Å². The Morgan fingerprint density at radius 2 is 2.00 bits per heavy atom. The molecule has 0 unspecified atom stereocenters. The molecule has 0 radical (unpaired) electrons. The highest BCUT2D eigenvalue weighted by Gasteiger charge is 2.15. The zero-order valence-corrected chi connectivity index (χ0v) is 8.62. The van der Waals surface area contributed by atoms with Gasteiger partial charge in [0.05, 0.1) is 6.61 Å². The maximum absolute atomic E-state index is 10.9. The largest absolute Gasteiger partial charge is 0.492 e. The average molecular weight is 216 g/mol. The number of hydrogen-bond donors (Lipinski definition) is 1. The summed E-state index contributed by atoms with van der Waals surface area (Å²) < 4.78 is 35.8. The first kappa shape index (κ1) is 11.0. The molecule has 0 aliphatic carbocycles. The van der Waals surface area contributed by atoms with Crippen molar-refractivity contribution in [2.45, 2.75) is 18.2 Å². The Morgan fingerprint density at radius 3 is 2.57 bits per heavy atom. The lowest BCUT2D eigenvalue weighted by Crippen LogP contribution is -2.03. The van der Waals surface area contributed by atoms with Gasteiger partial charge >= 0.3 is 0 Å². The van der Waals surface area contributed by atoms with E-state index in [1.54, 1.807) is 6.07 Å². The highest BCUT2D eigenvalue weighted by atomic mass is 32.2. The number of benzene rings is 1. The van der Waals surface area contributed by atoms with Crippen LogP contribution in [0.5, 0.6) is 5.75 Å². The van der Waals surface area contributed by atoms with Crippen LogP contribution in [-0.4, -0.2) is 19.6 Å². The second-order valence-electron chi connectivity index (χ2n) is 2.77. The van der Waals surface area contributed by atoms with Gasteiger partial charge in [-0.2, -0.15) is 8.42 Å². The average Bonchev–Trinajstić information content (AvgIpc) is 2.14. The van der Waals surface area contributed by atoms with Crippen LogP contribution < -0.4 is 4.74 Å². The van der Waals surface area contributed by atoms with Gasteiger partial charge in [0.1, 0.15) is 10.6 Å². The van der Waals surface area contributed by atoms with Crippen molar-refractivity contribution in [3.8, 4) is 5.75 Å². The number of rotatable bonds is 4. The molecule has 0 fully saturated rings. The predicted octanol–water partition coefficient (Wildman–Crippen LogP) is 1.72. The summed E-state index contributed by atoms with van der Waals surface area (Å²) in [5.74, 6) is 0.192. The minimum absolute atomic E-state index is 0.187. The summed E-state index contributed by atoms with van der Waals surface area (Å²) in [5, 5.41) is 0. The van der Waals surface area contributed by atoms with Crippen molar-refractivity contribution in [1.29, 1.82) is 0 Å². The SMILES string of the molecule is CCCOc1ccccc1S(=O)(=O)O. The smallest absolute Gasteiger partial charge is 0.298 e. The van der Waals surface area contributed by atoms with Gasteiger partial charge in [-0.1, -0.05) is 19.1 Å².